The number of aromatic nitrogens is 4. The number of benzene rings is 5. The second-order valence-corrected chi connectivity index (χ2v) is 17.3. The molecule has 0 radical (unpaired) electrons. The Bertz CT molecular complexity index is 2480. The van der Waals surface area contributed by atoms with Gasteiger partial charge >= 0.3 is 0 Å². The van der Waals surface area contributed by atoms with Gasteiger partial charge in [0.2, 0.25) is 0 Å². The fourth-order valence-corrected chi connectivity index (χ4v) is 8.93. The summed E-state index contributed by atoms with van der Waals surface area (Å²) >= 11 is 0. The van der Waals surface area contributed by atoms with Gasteiger partial charge in [-0.15, -0.1) is 0 Å². The van der Waals surface area contributed by atoms with E-state index in [-0.39, 0.29) is 0 Å². The molecule has 57 heavy (non-hydrogen) atoms. The van der Waals surface area contributed by atoms with Gasteiger partial charge in [-0.05, 0) is 119 Å². The van der Waals surface area contributed by atoms with Crippen molar-refractivity contribution in [3.63, 3.8) is 0 Å². The Balaban J connectivity index is 1.23. The molecule has 0 saturated carbocycles. The van der Waals surface area contributed by atoms with E-state index in [2.05, 4.69) is 201 Å². The lowest BCUT2D eigenvalue weighted by Crippen LogP contribution is -2.48. The van der Waals surface area contributed by atoms with Crippen LogP contribution >= 0.6 is 0 Å². The van der Waals surface area contributed by atoms with Gasteiger partial charge in [-0.1, -0.05) is 116 Å². The van der Waals surface area contributed by atoms with Gasteiger partial charge in [-0.25, -0.2) is 9.36 Å². The lowest BCUT2D eigenvalue weighted by atomic mass is 9.86. The molecule has 1 aliphatic rings. The quantitative estimate of drug-likeness (QED) is 0.140. The zero-order valence-electron chi connectivity index (χ0n) is 35.2. The molecule has 0 atom stereocenters. The first kappa shape index (κ1) is 38.0. The Morgan fingerprint density at radius 3 is 1.33 bits per heavy atom. The summed E-state index contributed by atoms with van der Waals surface area (Å²) in [6.07, 6.45) is 8.46. The lowest BCUT2D eigenvalue weighted by Gasteiger charge is -2.40. The monoisotopic (exact) mass is 752 g/mol. The van der Waals surface area contributed by atoms with Crippen LogP contribution in [0.4, 0.5) is 22.7 Å². The number of rotatable bonds is 10. The Morgan fingerprint density at radius 1 is 0.421 bits per heavy atom. The molecule has 0 fully saturated rings. The molecular weight excluding hydrogens is 697 g/mol. The highest BCUT2D eigenvalue weighted by Crippen LogP contribution is 2.53. The summed E-state index contributed by atoms with van der Waals surface area (Å²) in [5.41, 5.74) is 16.4. The van der Waals surface area contributed by atoms with Gasteiger partial charge in [-0.3, -0.25) is 0 Å². The third-order valence-electron chi connectivity index (χ3n) is 11.7. The average molecular weight is 753 g/mol. The zero-order valence-corrected chi connectivity index (χ0v) is 35.2. The molecular formula is C51H56N6. The van der Waals surface area contributed by atoms with Crippen molar-refractivity contribution in [1.82, 2.24) is 19.6 Å². The number of fused-ring (bicyclic) bond motifs is 1. The topological polar surface area (TPSA) is 42.1 Å². The molecule has 7 aromatic rings. The van der Waals surface area contributed by atoms with Crippen LogP contribution in [-0.4, -0.2) is 25.2 Å². The first-order valence-electron chi connectivity index (χ1n) is 20.6. The maximum Gasteiger partial charge on any atom is 0.116 e. The van der Waals surface area contributed by atoms with Gasteiger partial charge in [0, 0.05) is 34.9 Å². The zero-order chi connectivity index (χ0) is 40.2. The summed E-state index contributed by atoms with van der Waals surface area (Å²) in [5, 5.41) is 9.95. The molecule has 6 nitrogen and oxygen atoms in total. The molecule has 0 N–H and O–H groups in total. The lowest BCUT2D eigenvalue weighted by molar-refractivity contribution is 0.540. The number of para-hydroxylation sites is 1. The van der Waals surface area contributed by atoms with E-state index in [0.29, 0.717) is 23.7 Å². The van der Waals surface area contributed by atoms with E-state index in [1.54, 1.807) is 0 Å². The van der Waals surface area contributed by atoms with Crippen molar-refractivity contribution in [3.8, 4) is 33.6 Å². The highest BCUT2D eigenvalue weighted by Gasteiger charge is 2.44. The number of hydrogen-bond donors (Lipinski definition) is 0. The summed E-state index contributed by atoms with van der Waals surface area (Å²) in [6, 6.07) is 39.7. The van der Waals surface area contributed by atoms with E-state index in [0.717, 1.165) is 45.3 Å². The first-order valence-corrected chi connectivity index (χ1v) is 20.6. The molecule has 0 spiro atoms. The maximum atomic E-state index is 4.99. The molecule has 8 rings (SSSR count). The Hall–Kier alpha value is -5.88. The molecule has 0 amide bonds. The van der Waals surface area contributed by atoms with Gasteiger partial charge in [0.15, 0.2) is 0 Å². The minimum atomic E-state index is -0.448. The third-order valence-corrected chi connectivity index (χ3v) is 11.7. The summed E-state index contributed by atoms with van der Waals surface area (Å²) in [6.45, 7) is 22.8. The van der Waals surface area contributed by atoms with Crippen LogP contribution in [0.1, 0.15) is 115 Å². The molecule has 0 saturated heterocycles. The van der Waals surface area contributed by atoms with E-state index in [4.69, 9.17) is 10.2 Å². The Kier molecular flexibility index (Phi) is 9.93. The van der Waals surface area contributed by atoms with Crippen molar-refractivity contribution in [1.29, 1.82) is 0 Å². The highest BCUT2D eigenvalue weighted by atomic mass is 15.5. The van der Waals surface area contributed by atoms with E-state index in [1.165, 1.54) is 33.4 Å². The van der Waals surface area contributed by atoms with Crippen LogP contribution in [0.5, 0.6) is 0 Å². The first-order chi connectivity index (χ1) is 27.3. The summed E-state index contributed by atoms with van der Waals surface area (Å²) in [5.74, 6) is 1.61. The third kappa shape index (κ3) is 6.75. The predicted molar refractivity (Wildman–Crippen MR) is 239 cm³/mol. The SMILES string of the molecule is CC(C)c1cccc(C(C)C)c1-c1cnn(-c2cccc(N3c4cc(-n5cc(-c6c(C(C)C)cccc6C(C)C)cn5)ccc4N(c4ccccc4)C3(C)C)c2)c1. The minimum absolute atomic E-state index is 0.402. The number of hydrogen-bond acceptors (Lipinski definition) is 4. The molecule has 290 valence electrons. The summed E-state index contributed by atoms with van der Waals surface area (Å²) in [4.78, 5) is 4.91. The molecule has 1 aliphatic heterocycles. The van der Waals surface area contributed by atoms with E-state index in [1.807, 2.05) is 21.8 Å². The van der Waals surface area contributed by atoms with Gasteiger partial charge in [-0.2, -0.15) is 10.2 Å². The van der Waals surface area contributed by atoms with Crippen molar-refractivity contribution >= 4 is 22.7 Å². The van der Waals surface area contributed by atoms with E-state index in [9.17, 15) is 0 Å². The number of nitrogens with zero attached hydrogens (tertiary/aromatic N) is 6. The van der Waals surface area contributed by atoms with Crippen LogP contribution in [0.2, 0.25) is 0 Å². The molecule has 0 unspecified atom stereocenters. The van der Waals surface area contributed by atoms with E-state index >= 15 is 0 Å². The van der Waals surface area contributed by atoms with Crippen LogP contribution in [-0.2, 0) is 0 Å². The predicted octanol–water partition coefficient (Wildman–Crippen LogP) is 13.9. The van der Waals surface area contributed by atoms with Gasteiger partial charge in [0.25, 0.3) is 0 Å². The van der Waals surface area contributed by atoms with Crippen molar-refractivity contribution in [3.05, 3.63) is 156 Å². The second kappa shape index (κ2) is 14.9. The smallest absolute Gasteiger partial charge is 0.116 e. The average Bonchev–Trinajstić information content (AvgIpc) is 3.94. The molecule has 2 aromatic heterocycles. The number of anilines is 4. The van der Waals surface area contributed by atoms with Crippen LogP contribution in [0.15, 0.2) is 134 Å². The highest BCUT2D eigenvalue weighted by molar-refractivity contribution is 5.91. The van der Waals surface area contributed by atoms with Gasteiger partial charge in [0.05, 0.1) is 35.1 Å². The molecule has 3 heterocycles. The van der Waals surface area contributed by atoms with Crippen LogP contribution in [0, 0.1) is 0 Å². The standard InChI is InChI=1S/C51H56N6/c1-33(2)43-21-15-22-44(34(3)4)49(43)37-29-52-54(31-37)40-19-14-20-42(27-40)57-48-28-41(25-26-47(48)56(51(57,9)10)39-17-12-11-13-18-39)55-32-38(30-53-55)50-45(35(5)6)23-16-24-46(50)36(7)8/h11-36H,1-10H3. The summed E-state index contributed by atoms with van der Waals surface area (Å²) in [7, 11) is 0. The fraction of sp³-hybridized carbons (Fsp3) is 0.294. The van der Waals surface area contributed by atoms with Gasteiger partial charge in [0.1, 0.15) is 5.66 Å². The fourth-order valence-electron chi connectivity index (χ4n) is 8.93. The van der Waals surface area contributed by atoms with Gasteiger partial charge < -0.3 is 9.80 Å². The van der Waals surface area contributed by atoms with Crippen molar-refractivity contribution < 1.29 is 0 Å². The van der Waals surface area contributed by atoms with Crippen LogP contribution < -0.4 is 9.80 Å². The maximum absolute atomic E-state index is 4.99. The molecule has 0 aliphatic carbocycles. The minimum Gasteiger partial charge on any atom is -0.316 e. The van der Waals surface area contributed by atoms with Crippen LogP contribution in [0.3, 0.4) is 0 Å². The molecule has 6 heteroatoms. The van der Waals surface area contributed by atoms with Crippen molar-refractivity contribution in [2.24, 2.45) is 0 Å². The van der Waals surface area contributed by atoms with Crippen molar-refractivity contribution in [2.75, 3.05) is 9.80 Å². The summed E-state index contributed by atoms with van der Waals surface area (Å²) < 4.78 is 4.07. The largest absolute Gasteiger partial charge is 0.316 e. The molecule has 0 bridgehead atoms. The van der Waals surface area contributed by atoms with Crippen LogP contribution in [0.25, 0.3) is 33.6 Å². The Morgan fingerprint density at radius 2 is 0.842 bits per heavy atom. The second-order valence-electron chi connectivity index (χ2n) is 17.3. The molecule has 5 aromatic carbocycles. The van der Waals surface area contributed by atoms with Crippen molar-refractivity contribution in [2.45, 2.75) is 98.6 Å². The normalized spacial score (nSPS) is 13.8. The van der Waals surface area contributed by atoms with E-state index < -0.39 is 5.66 Å². The Labute approximate surface area is 339 Å².